The molecule has 2 aromatic carbocycles. The summed E-state index contributed by atoms with van der Waals surface area (Å²) in [7, 11) is 1.57. The normalized spacial score (nSPS) is 14.1. The van der Waals surface area contributed by atoms with Crippen molar-refractivity contribution in [1.29, 1.82) is 0 Å². The van der Waals surface area contributed by atoms with Gasteiger partial charge in [-0.05, 0) is 43.5 Å². The van der Waals surface area contributed by atoms with E-state index in [4.69, 9.17) is 4.74 Å². The van der Waals surface area contributed by atoms with Gasteiger partial charge < -0.3 is 19.9 Å². The average molecular weight is 382 g/mol. The molecule has 1 heterocycles. The lowest BCUT2D eigenvalue weighted by atomic mass is 10.0. The van der Waals surface area contributed by atoms with Crippen LogP contribution in [0.5, 0.6) is 5.75 Å². The van der Waals surface area contributed by atoms with Gasteiger partial charge >= 0.3 is 0 Å². The second-order valence-electron chi connectivity index (χ2n) is 6.98. The number of methoxy groups -OCH3 is 1. The zero-order chi connectivity index (χ0) is 19.9. The molecular formula is C22H28N3O3+. The fourth-order valence-electron chi connectivity index (χ4n) is 3.58. The van der Waals surface area contributed by atoms with Gasteiger partial charge in [0.15, 0.2) is 13.1 Å². The maximum Gasteiger partial charge on any atom is 0.282 e. The van der Waals surface area contributed by atoms with E-state index in [9.17, 15) is 9.59 Å². The zero-order valence-corrected chi connectivity index (χ0v) is 16.5. The van der Waals surface area contributed by atoms with Crippen molar-refractivity contribution in [2.24, 2.45) is 0 Å². The fourth-order valence-corrected chi connectivity index (χ4v) is 3.58. The quantitative estimate of drug-likeness (QED) is 0.763. The third kappa shape index (κ3) is 4.70. The van der Waals surface area contributed by atoms with Crippen LogP contribution in [0.1, 0.15) is 18.9 Å². The first-order chi connectivity index (χ1) is 13.6. The van der Waals surface area contributed by atoms with Crippen molar-refractivity contribution >= 4 is 23.2 Å². The minimum Gasteiger partial charge on any atom is -0.495 e. The minimum atomic E-state index is -0.131. The van der Waals surface area contributed by atoms with E-state index in [0.29, 0.717) is 24.5 Å². The first-order valence-electron chi connectivity index (χ1n) is 9.77. The predicted octanol–water partition coefficient (Wildman–Crippen LogP) is 1.52. The summed E-state index contributed by atoms with van der Waals surface area (Å²) in [4.78, 5) is 28.2. The molecule has 28 heavy (non-hydrogen) atoms. The molecule has 2 aromatic rings. The Morgan fingerprint density at radius 2 is 1.86 bits per heavy atom. The number of nitrogens with zero attached hydrogens (tertiary/aromatic N) is 1. The number of benzene rings is 2. The molecule has 0 radical (unpaired) electrons. The number of quaternary nitrogens is 1. The molecule has 0 aromatic heterocycles. The first-order valence-corrected chi connectivity index (χ1v) is 9.77. The lowest BCUT2D eigenvalue weighted by Gasteiger charge is -2.30. The Balaban J connectivity index is 1.61. The summed E-state index contributed by atoms with van der Waals surface area (Å²) in [5, 5.41) is 2.88. The van der Waals surface area contributed by atoms with E-state index in [1.807, 2.05) is 42.2 Å². The van der Waals surface area contributed by atoms with Gasteiger partial charge in [0.1, 0.15) is 5.75 Å². The second-order valence-corrected chi connectivity index (χ2v) is 6.98. The number of rotatable bonds is 7. The fraction of sp³-hybridized carbons (Fsp3) is 0.364. The highest BCUT2D eigenvalue weighted by molar-refractivity contribution is 5.96. The van der Waals surface area contributed by atoms with E-state index in [0.717, 1.165) is 30.0 Å². The van der Waals surface area contributed by atoms with Gasteiger partial charge in [-0.3, -0.25) is 9.59 Å². The van der Waals surface area contributed by atoms with Crippen molar-refractivity contribution in [1.82, 2.24) is 0 Å². The number of aryl methyl sites for hydroxylation is 1. The number of amides is 2. The lowest BCUT2D eigenvalue weighted by Crippen LogP contribution is -3.14. The van der Waals surface area contributed by atoms with E-state index in [-0.39, 0.29) is 18.4 Å². The summed E-state index contributed by atoms with van der Waals surface area (Å²) in [6.45, 7) is 3.95. The van der Waals surface area contributed by atoms with Crippen LogP contribution in [0.25, 0.3) is 0 Å². The lowest BCUT2D eigenvalue weighted by molar-refractivity contribution is -0.881. The summed E-state index contributed by atoms with van der Waals surface area (Å²) in [6, 6.07) is 15.4. The zero-order valence-electron chi connectivity index (χ0n) is 16.5. The minimum absolute atomic E-state index is 0.0640. The Bertz CT molecular complexity index is 837. The molecule has 2 amide bonds. The Labute approximate surface area is 166 Å². The van der Waals surface area contributed by atoms with E-state index >= 15 is 0 Å². The van der Waals surface area contributed by atoms with E-state index in [1.165, 1.54) is 5.56 Å². The SMILES string of the molecule is CC[NH+](CC(=O)Nc1ccccc1OC)CC(=O)N1CCCc2ccccc21. The number of ether oxygens (including phenoxy) is 1. The molecule has 0 saturated carbocycles. The second kappa shape index (κ2) is 9.37. The summed E-state index contributed by atoms with van der Waals surface area (Å²) >= 11 is 0. The first kappa shape index (κ1) is 19.9. The highest BCUT2D eigenvalue weighted by Gasteiger charge is 2.26. The number of likely N-dealkylation sites (N-methyl/N-ethyl adjacent to an activating group) is 1. The number of para-hydroxylation sites is 3. The summed E-state index contributed by atoms with van der Waals surface area (Å²) in [5.41, 5.74) is 2.86. The maximum absolute atomic E-state index is 12.9. The highest BCUT2D eigenvalue weighted by atomic mass is 16.5. The van der Waals surface area contributed by atoms with Crippen molar-refractivity contribution in [2.45, 2.75) is 19.8 Å². The average Bonchev–Trinajstić information content (AvgIpc) is 2.73. The van der Waals surface area contributed by atoms with E-state index in [2.05, 4.69) is 11.4 Å². The number of nitrogens with one attached hydrogen (secondary N) is 2. The molecule has 0 saturated heterocycles. The van der Waals surface area contributed by atoms with Crippen LogP contribution >= 0.6 is 0 Å². The molecule has 0 aliphatic carbocycles. The van der Waals surface area contributed by atoms with Crippen LogP contribution in [0.4, 0.5) is 11.4 Å². The largest absolute Gasteiger partial charge is 0.495 e. The molecule has 148 valence electrons. The maximum atomic E-state index is 12.9. The van der Waals surface area contributed by atoms with Gasteiger partial charge in [0.25, 0.3) is 11.8 Å². The molecular weight excluding hydrogens is 354 g/mol. The van der Waals surface area contributed by atoms with Crippen LogP contribution in [0.15, 0.2) is 48.5 Å². The molecule has 0 fully saturated rings. The molecule has 1 aliphatic heterocycles. The van der Waals surface area contributed by atoms with Crippen molar-refractivity contribution in [3.8, 4) is 5.75 Å². The van der Waals surface area contributed by atoms with Crippen LogP contribution < -0.4 is 19.9 Å². The molecule has 2 N–H and O–H groups in total. The van der Waals surface area contributed by atoms with Crippen molar-refractivity contribution in [2.75, 3.05) is 43.5 Å². The third-order valence-corrected chi connectivity index (χ3v) is 5.10. The van der Waals surface area contributed by atoms with Gasteiger partial charge in [0.05, 0.1) is 19.3 Å². The van der Waals surface area contributed by atoms with Crippen LogP contribution in [-0.4, -0.2) is 45.1 Å². The number of anilines is 2. The van der Waals surface area contributed by atoms with Gasteiger partial charge in [-0.1, -0.05) is 30.3 Å². The Morgan fingerprint density at radius 1 is 1.11 bits per heavy atom. The van der Waals surface area contributed by atoms with Crippen molar-refractivity contribution < 1.29 is 19.2 Å². The number of hydrogen-bond acceptors (Lipinski definition) is 3. The van der Waals surface area contributed by atoms with E-state index < -0.39 is 0 Å². The number of hydrogen-bond donors (Lipinski definition) is 2. The van der Waals surface area contributed by atoms with E-state index in [1.54, 1.807) is 19.2 Å². The highest BCUT2D eigenvalue weighted by Crippen LogP contribution is 2.26. The molecule has 3 rings (SSSR count). The smallest absolute Gasteiger partial charge is 0.282 e. The van der Waals surface area contributed by atoms with Crippen LogP contribution in [-0.2, 0) is 16.0 Å². The number of carbonyl (C=O) groups is 2. The Kier molecular flexibility index (Phi) is 6.66. The molecule has 6 heteroatoms. The number of carbonyl (C=O) groups excluding carboxylic acids is 2. The molecule has 0 bridgehead atoms. The van der Waals surface area contributed by atoms with Gasteiger partial charge in [0, 0.05) is 12.2 Å². The van der Waals surface area contributed by atoms with Crippen LogP contribution in [0, 0.1) is 0 Å². The topological polar surface area (TPSA) is 63.1 Å². The molecule has 1 aliphatic rings. The van der Waals surface area contributed by atoms with Crippen LogP contribution in [0.2, 0.25) is 0 Å². The summed E-state index contributed by atoms with van der Waals surface area (Å²) in [5.74, 6) is 0.553. The summed E-state index contributed by atoms with van der Waals surface area (Å²) in [6.07, 6.45) is 1.98. The molecule has 0 spiro atoms. The monoisotopic (exact) mass is 382 g/mol. The Hall–Kier alpha value is -2.86. The number of fused-ring (bicyclic) bond motifs is 1. The van der Waals surface area contributed by atoms with Crippen molar-refractivity contribution in [3.05, 3.63) is 54.1 Å². The predicted molar refractivity (Wildman–Crippen MR) is 110 cm³/mol. The molecule has 1 unspecified atom stereocenters. The standard InChI is InChI=1S/C22H27N3O3/c1-3-24(15-21(26)23-18-11-5-7-13-20(18)28-2)16-22(27)25-14-8-10-17-9-4-6-12-19(17)25/h4-7,9,11-13H,3,8,10,14-16H2,1-2H3,(H,23,26)/p+1. The third-order valence-electron chi connectivity index (χ3n) is 5.10. The van der Waals surface area contributed by atoms with Gasteiger partial charge in [-0.25, -0.2) is 0 Å². The van der Waals surface area contributed by atoms with Crippen molar-refractivity contribution in [3.63, 3.8) is 0 Å². The molecule has 1 atom stereocenters. The van der Waals surface area contributed by atoms with Gasteiger partial charge in [0.2, 0.25) is 0 Å². The molecule has 6 nitrogen and oxygen atoms in total. The summed E-state index contributed by atoms with van der Waals surface area (Å²) < 4.78 is 5.27. The van der Waals surface area contributed by atoms with Gasteiger partial charge in [-0.15, -0.1) is 0 Å². The van der Waals surface area contributed by atoms with Crippen LogP contribution in [0.3, 0.4) is 0 Å². The Morgan fingerprint density at radius 3 is 2.64 bits per heavy atom. The van der Waals surface area contributed by atoms with Gasteiger partial charge in [-0.2, -0.15) is 0 Å².